The van der Waals surface area contributed by atoms with E-state index in [1.807, 2.05) is 0 Å². The highest BCUT2D eigenvalue weighted by Gasteiger charge is 2.28. The first-order chi connectivity index (χ1) is 28.5. The maximum Gasteiger partial charge on any atom is 0.306 e. The van der Waals surface area contributed by atoms with Gasteiger partial charge in [0.15, 0.2) is 0 Å². The molecule has 1 saturated carbocycles. The van der Waals surface area contributed by atoms with Gasteiger partial charge in [0.1, 0.15) is 0 Å². The van der Waals surface area contributed by atoms with Crippen molar-refractivity contribution in [2.75, 3.05) is 52.5 Å². The number of hydrogen-bond acceptors (Lipinski definition) is 7. The van der Waals surface area contributed by atoms with Crippen LogP contribution in [0.25, 0.3) is 0 Å². The first-order valence-corrected chi connectivity index (χ1v) is 25.9. The largest absolute Gasteiger partial charge is 0.466 e. The van der Waals surface area contributed by atoms with Crippen molar-refractivity contribution in [2.24, 2.45) is 11.8 Å². The van der Waals surface area contributed by atoms with Crippen molar-refractivity contribution in [3.05, 3.63) is 0 Å². The molecule has 1 aliphatic rings. The molecule has 0 aromatic rings. The van der Waals surface area contributed by atoms with Crippen LogP contribution in [0.4, 0.5) is 0 Å². The van der Waals surface area contributed by atoms with Gasteiger partial charge in [-0.25, -0.2) is 0 Å². The molecule has 1 N–H and O–H groups in total. The zero-order chi connectivity index (χ0) is 42.2. The lowest BCUT2D eigenvalue weighted by Gasteiger charge is -2.27. The van der Waals surface area contributed by atoms with Crippen LogP contribution >= 0.6 is 0 Å². The number of aliphatic hydroxyl groups excluding tert-OH is 1. The molecule has 0 aromatic heterocycles. The lowest BCUT2D eigenvalue weighted by molar-refractivity contribution is -0.146. The fraction of sp³-hybridized carbons (Fsp3) is 0.961. The van der Waals surface area contributed by atoms with Crippen molar-refractivity contribution >= 4 is 11.9 Å². The molecule has 0 spiro atoms. The summed E-state index contributed by atoms with van der Waals surface area (Å²) in [6.45, 7) is 15.3. The molecule has 2 unspecified atom stereocenters. The molecule has 58 heavy (non-hydrogen) atoms. The second-order valence-corrected chi connectivity index (χ2v) is 18.3. The van der Waals surface area contributed by atoms with E-state index >= 15 is 0 Å². The van der Waals surface area contributed by atoms with Gasteiger partial charge in [0.05, 0.1) is 19.8 Å². The van der Waals surface area contributed by atoms with Crippen molar-refractivity contribution in [3.8, 4) is 0 Å². The average Bonchev–Trinajstić information content (AvgIpc) is 4.07. The number of aliphatic hydroxyl groups is 1. The number of ether oxygens (including phenoxy) is 2. The van der Waals surface area contributed by atoms with E-state index in [0.29, 0.717) is 43.9 Å². The van der Waals surface area contributed by atoms with Crippen LogP contribution in [0.2, 0.25) is 0 Å². The number of unbranched alkanes of at least 4 members (excludes halogenated alkanes) is 20. The summed E-state index contributed by atoms with van der Waals surface area (Å²) in [5.41, 5.74) is 0. The average molecular weight is 821 g/mol. The third kappa shape index (κ3) is 34.5. The van der Waals surface area contributed by atoms with Gasteiger partial charge in [0.2, 0.25) is 0 Å². The molecule has 1 rings (SSSR count). The van der Waals surface area contributed by atoms with Gasteiger partial charge in [-0.05, 0) is 102 Å². The molecule has 7 heteroatoms. The summed E-state index contributed by atoms with van der Waals surface area (Å²) in [5.74, 6) is 0.986. The fourth-order valence-electron chi connectivity index (χ4n) is 8.68. The molecular weight excluding hydrogens is 721 g/mol. The Labute approximate surface area is 361 Å². The van der Waals surface area contributed by atoms with Crippen molar-refractivity contribution < 1.29 is 24.2 Å². The minimum absolute atomic E-state index is 0.0122. The number of carbonyl (C=O) groups excluding carboxylic acids is 2. The summed E-state index contributed by atoms with van der Waals surface area (Å²) in [4.78, 5) is 30.8. The number of nitrogens with zero attached hydrogens (tertiary/aromatic N) is 2. The molecule has 7 nitrogen and oxygen atoms in total. The summed E-state index contributed by atoms with van der Waals surface area (Å²) >= 11 is 0. The van der Waals surface area contributed by atoms with E-state index in [1.54, 1.807) is 0 Å². The van der Waals surface area contributed by atoms with E-state index in [1.165, 1.54) is 167 Å². The van der Waals surface area contributed by atoms with Crippen LogP contribution in [-0.2, 0) is 19.1 Å². The third-order valence-corrected chi connectivity index (χ3v) is 12.7. The zero-order valence-electron chi connectivity index (χ0n) is 39.4. The van der Waals surface area contributed by atoms with Crippen LogP contribution < -0.4 is 0 Å². The summed E-state index contributed by atoms with van der Waals surface area (Å²) in [6, 6.07) is 0.654. The van der Waals surface area contributed by atoms with Gasteiger partial charge >= 0.3 is 11.9 Å². The molecule has 0 amide bonds. The molecule has 0 radical (unpaired) electrons. The van der Waals surface area contributed by atoms with Gasteiger partial charge in [0.25, 0.3) is 0 Å². The highest BCUT2D eigenvalue weighted by atomic mass is 16.5. The fourth-order valence-corrected chi connectivity index (χ4v) is 8.68. The Morgan fingerprint density at radius 3 is 1.21 bits per heavy atom. The molecule has 0 aromatic carbocycles. The minimum atomic E-state index is 0.0122. The maximum absolute atomic E-state index is 12.8. The van der Waals surface area contributed by atoms with Crippen LogP contribution in [0, 0.1) is 11.8 Å². The molecule has 344 valence electrons. The summed E-state index contributed by atoms with van der Waals surface area (Å²) in [6.07, 6.45) is 40.4. The van der Waals surface area contributed by atoms with Gasteiger partial charge < -0.3 is 19.5 Å². The first-order valence-electron chi connectivity index (χ1n) is 25.9. The van der Waals surface area contributed by atoms with Crippen molar-refractivity contribution in [3.63, 3.8) is 0 Å². The highest BCUT2D eigenvalue weighted by molar-refractivity contribution is 5.70. The van der Waals surface area contributed by atoms with E-state index in [9.17, 15) is 14.7 Å². The second-order valence-electron chi connectivity index (χ2n) is 18.3. The van der Waals surface area contributed by atoms with Crippen LogP contribution in [0.3, 0.4) is 0 Å². The Bertz CT molecular complexity index is 840. The Kier molecular flexibility index (Phi) is 38.9. The van der Waals surface area contributed by atoms with Gasteiger partial charge in [-0.15, -0.1) is 0 Å². The van der Waals surface area contributed by atoms with E-state index < -0.39 is 0 Å². The minimum Gasteiger partial charge on any atom is -0.466 e. The lowest BCUT2D eigenvalue weighted by Crippen LogP contribution is -2.38. The van der Waals surface area contributed by atoms with E-state index in [2.05, 4.69) is 37.5 Å². The zero-order valence-corrected chi connectivity index (χ0v) is 39.4. The molecule has 1 fully saturated rings. The topological polar surface area (TPSA) is 79.3 Å². The van der Waals surface area contributed by atoms with Crippen LogP contribution in [0.1, 0.15) is 246 Å². The Morgan fingerprint density at radius 2 is 0.828 bits per heavy atom. The molecule has 0 heterocycles. The summed E-state index contributed by atoms with van der Waals surface area (Å²) in [5, 5.41) is 9.64. The molecule has 0 bridgehead atoms. The molecule has 2 atom stereocenters. The van der Waals surface area contributed by atoms with Crippen molar-refractivity contribution in [2.45, 2.75) is 252 Å². The number of rotatable bonds is 46. The Balaban J connectivity index is 2.43. The molecule has 0 aliphatic heterocycles. The Morgan fingerprint density at radius 1 is 0.466 bits per heavy atom. The SMILES string of the molecule is CCCCCCCCC(CCCCCC)CC(=O)OCCCCCN(CCCCCOC(=O)CC(CCCCCC)CCCCCCCC)CCN(CCO)C1CC1. The first kappa shape index (κ1) is 54.8. The number of esters is 2. The quantitative estimate of drug-likeness (QED) is 0.0484. The van der Waals surface area contributed by atoms with E-state index in [4.69, 9.17) is 9.47 Å². The van der Waals surface area contributed by atoms with Crippen LogP contribution in [0.15, 0.2) is 0 Å². The standard InChI is InChI=1S/C51H100N2O5/c1-5-9-13-17-19-25-33-47(31-23-15-11-7-3)45-50(55)57-43-29-21-27-37-52(39-40-53(41-42-54)49-35-36-49)38-28-22-30-44-58-51(56)46-48(32-24-16-12-8-4)34-26-20-18-14-10-6-2/h47-49,54H,5-46H2,1-4H3. The predicted octanol–water partition coefficient (Wildman–Crippen LogP) is 13.6. The van der Waals surface area contributed by atoms with Gasteiger partial charge in [0, 0.05) is 38.5 Å². The van der Waals surface area contributed by atoms with Crippen LogP contribution in [-0.4, -0.2) is 85.4 Å². The lowest BCUT2D eigenvalue weighted by atomic mass is 9.91. The molecular formula is C51H100N2O5. The van der Waals surface area contributed by atoms with Crippen LogP contribution in [0.5, 0.6) is 0 Å². The Hall–Kier alpha value is -1.18. The second kappa shape index (κ2) is 41.2. The highest BCUT2D eigenvalue weighted by Crippen LogP contribution is 2.27. The maximum atomic E-state index is 12.8. The van der Waals surface area contributed by atoms with Gasteiger partial charge in [-0.3, -0.25) is 14.5 Å². The smallest absolute Gasteiger partial charge is 0.306 e. The van der Waals surface area contributed by atoms with Crippen molar-refractivity contribution in [1.82, 2.24) is 9.80 Å². The normalized spacial score (nSPS) is 14.1. The summed E-state index contributed by atoms with van der Waals surface area (Å²) < 4.78 is 11.6. The van der Waals surface area contributed by atoms with Gasteiger partial charge in [-0.2, -0.15) is 0 Å². The van der Waals surface area contributed by atoms with Crippen molar-refractivity contribution in [1.29, 1.82) is 0 Å². The predicted molar refractivity (Wildman–Crippen MR) is 247 cm³/mol. The van der Waals surface area contributed by atoms with E-state index in [-0.39, 0.29) is 18.5 Å². The number of hydrogen-bond donors (Lipinski definition) is 1. The van der Waals surface area contributed by atoms with Gasteiger partial charge in [-0.1, -0.05) is 156 Å². The monoisotopic (exact) mass is 821 g/mol. The third-order valence-electron chi connectivity index (χ3n) is 12.7. The number of carbonyl (C=O) groups is 2. The van der Waals surface area contributed by atoms with E-state index in [0.717, 1.165) is 71.2 Å². The summed E-state index contributed by atoms with van der Waals surface area (Å²) in [7, 11) is 0. The molecule has 0 saturated heterocycles. The molecule has 1 aliphatic carbocycles.